The minimum atomic E-state index is -0.170. The van der Waals surface area contributed by atoms with E-state index in [2.05, 4.69) is 21.9 Å². The fraction of sp³-hybridized carbons (Fsp3) is 0.235. The van der Waals surface area contributed by atoms with Gasteiger partial charge in [-0.2, -0.15) is 0 Å². The van der Waals surface area contributed by atoms with Crippen molar-refractivity contribution in [1.29, 1.82) is 0 Å². The van der Waals surface area contributed by atoms with Gasteiger partial charge in [0.25, 0.3) is 5.56 Å². The van der Waals surface area contributed by atoms with E-state index in [1.54, 1.807) is 23.5 Å². The number of hydrogen-bond donors (Lipinski definition) is 2. The number of amides is 1. The molecule has 2 N–H and O–H groups in total. The molecule has 1 atom stereocenters. The van der Waals surface area contributed by atoms with Gasteiger partial charge in [-0.25, -0.2) is 0 Å². The monoisotopic (exact) mass is 310 g/mol. The van der Waals surface area contributed by atoms with Gasteiger partial charge in [-0.1, -0.05) is 6.58 Å². The molecular weight excluding hydrogens is 292 g/mol. The second-order valence-corrected chi connectivity index (χ2v) is 5.49. The highest BCUT2D eigenvalue weighted by Crippen LogP contribution is 2.20. The third-order valence-electron chi connectivity index (χ3n) is 3.95. The molecule has 2 aromatic heterocycles. The van der Waals surface area contributed by atoms with Crippen LogP contribution >= 0.6 is 0 Å². The van der Waals surface area contributed by atoms with Crippen LogP contribution in [0, 0.1) is 0 Å². The second-order valence-electron chi connectivity index (χ2n) is 5.49. The van der Waals surface area contributed by atoms with Gasteiger partial charge in [-0.05, 0) is 36.3 Å². The molecule has 118 valence electrons. The highest BCUT2D eigenvalue weighted by atomic mass is 16.2. The lowest BCUT2D eigenvalue weighted by molar-refractivity contribution is -0.125. The first-order chi connectivity index (χ1) is 11.2. The third kappa shape index (κ3) is 3.31. The molecular formula is C17H18N4O2. The van der Waals surface area contributed by atoms with Crippen molar-refractivity contribution in [2.24, 2.45) is 0 Å². The molecule has 0 aliphatic carbocycles. The molecule has 0 saturated carbocycles. The maximum atomic E-state index is 12.0. The molecule has 0 spiro atoms. The molecule has 1 aliphatic rings. The van der Waals surface area contributed by atoms with Gasteiger partial charge < -0.3 is 15.2 Å². The van der Waals surface area contributed by atoms with Crippen LogP contribution in [-0.4, -0.2) is 39.9 Å². The van der Waals surface area contributed by atoms with Gasteiger partial charge in [0.1, 0.15) is 5.69 Å². The first kappa shape index (κ1) is 15.0. The maximum absolute atomic E-state index is 12.0. The van der Waals surface area contributed by atoms with Gasteiger partial charge in [0.2, 0.25) is 5.91 Å². The number of rotatable bonds is 4. The predicted molar refractivity (Wildman–Crippen MR) is 89.1 cm³/mol. The van der Waals surface area contributed by atoms with Gasteiger partial charge >= 0.3 is 0 Å². The average Bonchev–Trinajstić information content (AvgIpc) is 3.05. The van der Waals surface area contributed by atoms with E-state index in [1.165, 1.54) is 6.08 Å². The molecule has 0 bridgehead atoms. The second kappa shape index (κ2) is 6.48. The lowest BCUT2D eigenvalue weighted by atomic mass is 10.1. The Hall–Kier alpha value is -2.89. The number of H-pyrrole nitrogens is 1. The van der Waals surface area contributed by atoms with Crippen molar-refractivity contribution in [3.05, 3.63) is 59.8 Å². The number of hydrogen-bond acceptors (Lipinski definition) is 4. The van der Waals surface area contributed by atoms with Crippen molar-refractivity contribution in [1.82, 2.24) is 14.9 Å². The van der Waals surface area contributed by atoms with E-state index in [0.717, 1.165) is 17.5 Å². The molecule has 6 heteroatoms. The minimum absolute atomic E-state index is 0.0627. The minimum Gasteiger partial charge on any atom is -0.376 e. The summed E-state index contributed by atoms with van der Waals surface area (Å²) in [5, 5.41) is 3.24. The van der Waals surface area contributed by atoms with Crippen LogP contribution in [0.1, 0.15) is 6.42 Å². The predicted octanol–water partition coefficient (Wildman–Crippen LogP) is 1.64. The SMILES string of the molecule is C=CC(=O)N1CC[C@H](Nc2cc(-c3ccncc3)c[nH]c2=O)C1. The summed E-state index contributed by atoms with van der Waals surface area (Å²) in [6.45, 7) is 4.75. The zero-order valence-electron chi connectivity index (χ0n) is 12.7. The molecule has 23 heavy (non-hydrogen) atoms. The fourth-order valence-corrected chi connectivity index (χ4v) is 2.73. The van der Waals surface area contributed by atoms with Gasteiger partial charge in [-0.3, -0.25) is 14.6 Å². The lowest BCUT2D eigenvalue weighted by Crippen LogP contribution is -2.31. The van der Waals surface area contributed by atoms with Crippen LogP contribution in [0.5, 0.6) is 0 Å². The van der Waals surface area contributed by atoms with Gasteiger partial charge in [0.15, 0.2) is 0 Å². The number of nitrogens with one attached hydrogen (secondary N) is 2. The van der Waals surface area contributed by atoms with E-state index in [4.69, 9.17) is 0 Å². The summed E-state index contributed by atoms with van der Waals surface area (Å²) in [6, 6.07) is 5.66. The molecule has 1 aliphatic heterocycles. The summed E-state index contributed by atoms with van der Waals surface area (Å²) in [6.07, 6.45) is 7.23. The standard InChI is InChI=1S/C17H18N4O2/c1-2-16(22)21-8-5-14(11-21)20-15-9-13(10-19-17(15)23)12-3-6-18-7-4-12/h2-4,6-7,9-10,14,20H,1,5,8,11H2,(H,19,23)/t14-/m0/s1. The maximum Gasteiger partial charge on any atom is 0.271 e. The first-order valence-electron chi connectivity index (χ1n) is 7.48. The molecule has 2 aromatic rings. The van der Waals surface area contributed by atoms with E-state index >= 15 is 0 Å². The molecule has 0 radical (unpaired) electrons. The van der Waals surface area contributed by atoms with Gasteiger partial charge in [-0.15, -0.1) is 0 Å². The topological polar surface area (TPSA) is 78.1 Å². The van der Waals surface area contributed by atoms with Crippen LogP contribution in [0.3, 0.4) is 0 Å². The fourth-order valence-electron chi connectivity index (χ4n) is 2.73. The normalized spacial score (nSPS) is 17.0. The molecule has 0 unspecified atom stereocenters. The van der Waals surface area contributed by atoms with Crippen molar-refractivity contribution < 1.29 is 4.79 Å². The van der Waals surface area contributed by atoms with Gasteiger partial charge in [0.05, 0.1) is 0 Å². The summed E-state index contributed by atoms with van der Waals surface area (Å²) >= 11 is 0. The molecule has 1 amide bonds. The van der Waals surface area contributed by atoms with Crippen molar-refractivity contribution in [2.75, 3.05) is 18.4 Å². The van der Waals surface area contributed by atoms with E-state index in [0.29, 0.717) is 18.8 Å². The molecule has 3 heterocycles. The number of carbonyl (C=O) groups excluding carboxylic acids is 1. The number of anilines is 1. The van der Waals surface area contributed by atoms with Crippen molar-refractivity contribution in [3.8, 4) is 11.1 Å². The summed E-state index contributed by atoms with van der Waals surface area (Å²) in [5.41, 5.74) is 2.23. The van der Waals surface area contributed by atoms with Crippen molar-refractivity contribution >= 4 is 11.6 Å². The number of likely N-dealkylation sites (tertiary alicyclic amines) is 1. The Labute approximate surface area is 133 Å². The number of aromatic nitrogens is 2. The Morgan fingerprint density at radius 3 is 2.91 bits per heavy atom. The zero-order valence-corrected chi connectivity index (χ0v) is 12.7. The Bertz CT molecular complexity index is 770. The van der Waals surface area contributed by atoms with Crippen LogP contribution in [0.25, 0.3) is 11.1 Å². The van der Waals surface area contributed by atoms with Crippen LogP contribution < -0.4 is 10.9 Å². The van der Waals surface area contributed by atoms with Gasteiger partial charge in [0, 0.05) is 43.3 Å². The smallest absolute Gasteiger partial charge is 0.271 e. The Morgan fingerprint density at radius 2 is 2.17 bits per heavy atom. The quantitative estimate of drug-likeness (QED) is 0.842. The van der Waals surface area contributed by atoms with E-state index < -0.39 is 0 Å². The summed E-state index contributed by atoms with van der Waals surface area (Å²) in [5.74, 6) is -0.0752. The zero-order chi connectivity index (χ0) is 16.2. The number of nitrogens with zero attached hydrogens (tertiary/aromatic N) is 2. The number of aromatic amines is 1. The summed E-state index contributed by atoms with van der Waals surface area (Å²) in [4.78, 5) is 32.1. The summed E-state index contributed by atoms with van der Waals surface area (Å²) < 4.78 is 0. The Kier molecular flexibility index (Phi) is 4.23. The average molecular weight is 310 g/mol. The van der Waals surface area contributed by atoms with E-state index in [-0.39, 0.29) is 17.5 Å². The Morgan fingerprint density at radius 1 is 1.39 bits per heavy atom. The highest BCUT2D eigenvalue weighted by Gasteiger charge is 2.25. The molecule has 0 aromatic carbocycles. The number of carbonyl (C=O) groups is 1. The van der Waals surface area contributed by atoms with Crippen LogP contribution in [0.4, 0.5) is 5.69 Å². The van der Waals surface area contributed by atoms with Crippen LogP contribution in [0.2, 0.25) is 0 Å². The van der Waals surface area contributed by atoms with E-state index in [9.17, 15) is 9.59 Å². The highest BCUT2D eigenvalue weighted by molar-refractivity contribution is 5.87. The van der Waals surface area contributed by atoms with Crippen molar-refractivity contribution in [3.63, 3.8) is 0 Å². The largest absolute Gasteiger partial charge is 0.376 e. The lowest BCUT2D eigenvalue weighted by Gasteiger charge is -2.16. The molecule has 1 saturated heterocycles. The molecule has 6 nitrogen and oxygen atoms in total. The molecule has 1 fully saturated rings. The summed E-state index contributed by atoms with van der Waals surface area (Å²) in [7, 11) is 0. The van der Waals surface area contributed by atoms with Crippen molar-refractivity contribution in [2.45, 2.75) is 12.5 Å². The van der Waals surface area contributed by atoms with Crippen LogP contribution in [-0.2, 0) is 4.79 Å². The number of pyridine rings is 2. The Balaban J connectivity index is 1.77. The van der Waals surface area contributed by atoms with E-state index in [1.807, 2.05) is 18.2 Å². The first-order valence-corrected chi connectivity index (χ1v) is 7.48. The molecule has 3 rings (SSSR count). The van der Waals surface area contributed by atoms with Crippen LogP contribution in [0.15, 0.2) is 54.2 Å². The third-order valence-corrected chi connectivity index (χ3v) is 3.95.